The van der Waals surface area contributed by atoms with Gasteiger partial charge in [-0.05, 0) is 42.9 Å². The number of aromatic nitrogens is 2. The largest absolute Gasteiger partial charge is 0.496 e. The van der Waals surface area contributed by atoms with Crippen LogP contribution in [0.3, 0.4) is 0 Å². The van der Waals surface area contributed by atoms with Crippen molar-refractivity contribution in [3.63, 3.8) is 0 Å². The molecule has 0 unspecified atom stereocenters. The number of ether oxygens (including phenoxy) is 5. The Hall–Kier alpha value is -2.49. The van der Waals surface area contributed by atoms with Crippen LogP contribution < -0.4 is 19.1 Å². The molecule has 5 rings (SSSR count). The van der Waals surface area contributed by atoms with Gasteiger partial charge in [0.2, 0.25) is 0 Å². The predicted octanol–water partition coefficient (Wildman–Crippen LogP) is 5.02. The molecule has 1 saturated carbocycles. The van der Waals surface area contributed by atoms with Crippen LogP contribution in [0.5, 0.6) is 17.4 Å². The van der Waals surface area contributed by atoms with Crippen LogP contribution in [0.1, 0.15) is 37.7 Å². The molecule has 1 aromatic carbocycles. The highest BCUT2D eigenvalue weighted by Gasteiger charge is 2.32. The smallest absolute Gasteiger partial charge is 0.258 e. The summed E-state index contributed by atoms with van der Waals surface area (Å²) >= 11 is 1.68. The van der Waals surface area contributed by atoms with Gasteiger partial charge in [0.1, 0.15) is 22.0 Å². The highest BCUT2D eigenvalue weighted by Crippen LogP contribution is 2.46. The van der Waals surface area contributed by atoms with E-state index in [4.69, 9.17) is 28.8 Å². The van der Waals surface area contributed by atoms with Gasteiger partial charge in [0.15, 0.2) is 0 Å². The lowest BCUT2D eigenvalue weighted by atomic mass is 10.1. The average Bonchev–Trinajstić information content (AvgIpc) is 3.53. The van der Waals surface area contributed by atoms with Gasteiger partial charge in [0.05, 0.1) is 39.2 Å². The number of benzene rings is 1. The molecule has 35 heavy (non-hydrogen) atoms. The summed E-state index contributed by atoms with van der Waals surface area (Å²) in [6.45, 7) is 3.09. The van der Waals surface area contributed by atoms with E-state index < -0.39 is 0 Å². The minimum atomic E-state index is 0.423. The molecule has 190 valence electrons. The SMILES string of the molecule is COCc1cc(OC)c(-c2csc3c(N(CCC4CC4)C4CCOCC4)c(OC)nn23)c(OC)c1. The minimum Gasteiger partial charge on any atom is -0.496 e. The van der Waals surface area contributed by atoms with E-state index in [1.165, 1.54) is 19.3 Å². The van der Waals surface area contributed by atoms with Crippen molar-refractivity contribution in [1.82, 2.24) is 9.61 Å². The second-order valence-electron chi connectivity index (χ2n) is 9.27. The maximum absolute atomic E-state index is 5.86. The highest BCUT2D eigenvalue weighted by atomic mass is 32.1. The van der Waals surface area contributed by atoms with E-state index in [9.17, 15) is 0 Å². The predicted molar refractivity (Wildman–Crippen MR) is 137 cm³/mol. The van der Waals surface area contributed by atoms with Crippen LogP contribution in [-0.4, -0.2) is 63.9 Å². The Morgan fingerprint density at radius 3 is 2.34 bits per heavy atom. The molecule has 9 heteroatoms. The number of thiazole rings is 1. The second kappa shape index (κ2) is 10.6. The van der Waals surface area contributed by atoms with Crippen LogP contribution in [0.25, 0.3) is 16.1 Å². The molecule has 2 fully saturated rings. The summed E-state index contributed by atoms with van der Waals surface area (Å²) in [7, 11) is 6.75. The molecule has 0 radical (unpaired) electrons. The van der Waals surface area contributed by atoms with Crippen molar-refractivity contribution in [2.45, 2.75) is 44.8 Å². The number of nitrogens with zero attached hydrogens (tertiary/aromatic N) is 3. The summed E-state index contributed by atoms with van der Waals surface area (Å²) < 4.78 is 30.4. The number of anilines is 1. The van der Waals surface area contributed by atoms with Crippen molar-refractivity contribution in [3.8, 4) is 28.6 Å². The summed E-state index contributed by atoms with van der Waals surface area (Å²) in [5.74, 6) is 2.96. The lowest BCUT2D eigenvalue weighted by Crippen LogP contribution is -2.40. The topological polar surface area (TPSA) is 66.7 Å². The molecule has 0 atom stereocenters. The van der Waals surface area contributed by atoms with Crippen molar-refractivity contribution >= 4 is 21.9 Å². The van der Waals surface area contributed by atoms with Gasteiger partial charge in [-0.2, -0.15) is 0 Å². The first-order valence-corrected chi connectivity index (χ1v) is 13.2. The van der Waals surface area contributed by atoms with E-state index in [2.05, 4.69) is 10.3 Å². The van der Waals surface area contributed by atoms with Gasteiger partial charge in [-0.3, -0.25) is 0 Å². The third-order valence-electron chi connectivity index (χ3n) is 7.02. The van der Waals surface area contributed by atoms with Crippen molar-refractivity contribution in [3.05, 3.63) is 23.1 Å². The number of hydrogen-bond acceptors (Lipinski definition) is 8. The Morgan fingerprint density at radius 2 is 1.74 bits per heavy atom. The van der Waals surface area contributed by atoms with E-state index in [1.54, 1.807) is 39.8 Å². The summed E-state index contributed by atoms with van der Waals surface area (Å²) in [6.07, 6.45) is 5.95. The molecule has 3 heterocycles. The summed E-state index contributed by atoms with van der Waals surface area (Å²) in [6, 6.07) is 4.42. The van der Waals surface area contributed by atoms with Crippen molar-refractivity contribution in [2.24, 2.45) is 5.92 Å². The first kappa shape index (κ1) is 24.2. The zero-order valence-electron chi connectivity index (χ0n) is 21.0. The molecular formula is C26H35N3O5S. The molecule has 2 aromatic heterocycles. The lowest BCUT2D eigenvalue weighted by molar-refractivity contribution is 0.0842. The number of rotatable bonds is 11. The quantitative estimate of drug-likeness (QED) is 0.365. The molecule has 0 spiro atoms. The van der Waals surface area contributed by atoms with Gasteiger partial charge in [-0.25, -0.2) is 4.52 Å². The fourth-order valence-corrected chi connectivity index (χ4v) is 6.02. The summed E-state index contributed by atoms with van der Waals surface area (Å²) in [5, 5.41) is 7.06. The normalized spacial score (nSPS) is 16.6. The summed E-state index contributed by atoms with van der Waals surface area (Å²) in [5.41, 5.74) is 3.86. The van der Waals surface area contributed by atoms with Crippen molar-refractivity contribution in [2.75, 3.05) is 53.1 Å². The first-order chi connectivity index (χ1) is 17.2. The number of methoxy groups -OCH3 is 4. The van der Waals surface area contributed by atoms with Crippen LogP contribution in [0.15, 0.2) is 17.5 Å². The van der Waals surface area contributed by atoms with Crippen LogP contribution in [0, 0.1) is 5.92 Å². The monoisotopic (exact) mass is 501 g/mol. The number of fused-ring (bicyclic) bond motifs is 1. The van der Waals surface area contributed by atoms with Gasteiger partial charge in [-0.15, -0.1) is 16.4 Å². The van der Waals surface area contributed by atoms with Crippen molar-refractivity contribution < 1.29 is 23.7 Å². The van der Waals surface area contributed by atoms with Gasteiger partial charge >= 0.3 is 0 Å². The van der Waals surface area contributed by atoms with E-state index in [-0.39, 0.29) is 0 Å². The third-order valence-corrected chi connectivity index (χ3v) is 7.95. The third kappa shape index (κ3) is 4.81. The van der Waals surface area contributed by atoms with E-state index in [0.717, 1.165) is 77.4 Å². The molecule has 0 bridgehead atoms. The molecule has 1 saturated heterocycles. The molecule has 2 aliphatic rings. The highest BCUT2D eigenvalue weighted by molar-refractivity contribution is 7.16. The van der Waals surface area contributed by atoms with Gasteiger partial charge in [-0.1, -0.05) is 12.8 Å². The molecular weight excluding hydrogens is 466 g/mol. The fourth-order valence-electron chi connectivity index (χ4n) is 5.02. The van der Waals surface area contributed by atoms with E-state index in [1.807, 2.05) is 16.6 Å². The fraction of sp³-hybridized carbons (Fsp3) is 0.577. The van der Waals surface area contributed by atoms with Crippen LogP contribution in [0.4, 0.5) is 5.69 Å². The van der Waals surface area contributed by atoms with Crippen LogP contribution >= 0.6 is 11.3 Å². The number of hydrogen-bond donors (Lipinski definition) is 0. The Bertz CT molecular complexity index is 1120. The van der Waals surface area contributed by atoms with Crippen LogP contribution in [0.2, 0.25) is 0 Å². The maximum atomic E-state index is 5.86. The zero-order chi connectivity index (χ0) is 24.4. The lowest BCUT2D eigenvalue weighted by Gasteiger charge is -2.35. The second-order valence-corrected chi connectivity index (χ2v) is 10.1. The molecule has 8 nitrogen and oxygen atoms in total. The van der Waals surface area contributed by atoms with Gasteiger partial charge in [0, 0.05) is 38.3 Å². The van der Waals surface area contributed by atoms with Crippen molar-refractivity contribution in [1.29, 1.82) is 0 Å². The Kier molecular flexibility index (Phi) is 7.36. The zero-order valence-corrected chi connectivity index (χ0v) is 21.9. The first-order valence-electron chi connectivity index (χ1n) is 12.3. The minimum absolute atomic E-state index is 0.423. The standard InChI is InChI=1S/C26H35N3O5S/c1-30-15-18-13-21(31-2)23(22(14-18)32-3)20-16-35-26-24(25(33-4)27-29(20)26)28(10-7-17-5-6-17)19-8-11-34-12-9-19/h13-14,16-17,19H,5-12,15H2,1-4H3. The Morgan fingerprint density at radius 1 is 1.03 bits per heavy atom. The van der Waals surface area contributed by atoms with Gasteiger partial charge < -0.3 is 28.6 Å². The molecule has 0 amide bonds. The molecule has 1 aliphatic heterocycles. The Labute approximate surface area is 210 Å². The maximum Gasteiger partial charge on any atom is 0.258 e. The Balaban J connectivity index is 1.61. The van der Waals surface area contributed by atoms with E-state index >= 15 is 0 Å². The average molecular weight is 502 g/mol. The van der Waals surface area contributed by atoms with Crippen LogP contribution in [-0.2, 0) is 16.1 Å². The molecule has 1 aliphatic carbocycles. The van der Waals surface area contributed by atoms with E-state index in [0.29, 0.717) is 18.5 Å². The van der Waals surface area contributed by atoms with Gasteiger partial charge in [0.25, 0.3) is 5.88 Å². The molecule has 0 N–H and O–H groups in total. The summed E-state index contributed by atoms with van der Waals surface area (Å²) in [4.78, 5) is 3.61. The molecule has 3 aromatic rings.